The first-order chi connectivity index (χ1) is 5.36. The minimum absolute atomic E-state index is 0.0520. The molecule has 4 heteroatoms. The maximum atomic E-state index is 5.36. The number of hydrogen-bond donors (Lipinski definition) is 0. The summed E-state index contributed by atoms with van der Waals surface area (Å²) in [5.74, 6) is 1.23. The highest BCUT2D eigenvalue weighted by molar-refractivity contribution is 4.87. The Morgan fingerprint density at radius 1 is 1.45 bits per heavy atom. The average molecular weight is 154 g/mol. The molecular weight excluding hydrogens is 144 g/mol. The lowest BCUT2D eigenvalue weighted by molar-refractivity contribution is 0.0884. The molecule has 0 amide bonds. The summed E-state index contributed by atoms with van der Waals surface area (Å²) < 4.78 is 10.6. The molecule has 1 aliphatic heterocycles. The third kappa shape index (κ3) is 1.26. The van der Waals surface area contributed by atoms with E-state index in [1.54, 1.807) is 6.92 Å². The van der Waals surface area contributed by atoms with Crippen molar-refractivity contribution in [2.75, 3.05) is 6.61 Å². The van der Waals surface area contributed by atoms with E-state index in [9.17, 15) is 0 Å². The first kappa shape index (κ1) is 6.79. The number of aromatic nitrogens is 2. The number of nitrogens with zero attached hydrogens (tertiary/aromatic N) is 2. The maximum Gasteiger partial charge on any atom is 0.245 e. The monoisotopic (exact) mass is 154 g/mol. The Morgan fingerprint density at radius 2 is 2.36 bits per heavy atom. The first-order valence-corrected chi connectivity index (χ1v) is 3.78. The normalized spacial score (nSPS) is 24.3. The van der Waals surface area contributed by atoms with E-state index in [-0.39, 0.29) is 6.10 Å². The van der Waals surface area contributed by atoms with Crippen molar-refractivity contribution in [3.8, 4) is 0 Å². The van der Waals surface area contributed by atoms with Gasteiger partial charge in [0, 0.05) is 13.5 Å². The Hall–Kier alpha value is -0.900. The van der Waals surface area contributed by atoms with Crippen molar-refractivity contribution in [2.24, 2.45) is 0 Å². The topological polar surface area (TPSA) is 48.2 Å². The lowest BCUT2D eigenvalue weighted by Crippen LogP contribution is -1.95. The second-order valence-electron chi connectivity index (χ2n) is 2.66. The van der Waals surface area contributed by atoms with Gasteiger partial charge in [-0.2, -0.15) is 0 Å². The van der Waals surface area contributed by atoms with Crippen molar-refractivity contribution in [3.63, 3.8) is 0 Å². The molecule has 60 valence electrons. The van der Waals surface area contributed by atoms with Gasteiger partial charge in [0.15, 0.2) is 0 Å². The van der Waals surface area contributed by atoms with Gasteiger partial charge in [0.2, 0.25) is 11.8 Å². The lowest BCUT2D eigenvalue weighted by atomic mass is 10.2. The molecule has 1 aromatic heterocycles. The number of rotatable bonds is 1. The van der Waals surface area contributed by atoms with Gasteiger partial charge in [0.05, 0.1) is 0 Å². The molecule has 1 atom stereocenters. The molecule has 2 rings (SSSR count). The Balaban J connectivity index is 2.15. The van der Waals surface area contributed by atoms with Crippen molar-refractivity contribution < 1.29 is 9.15 Å². The number of hydrogen-bond acceptors (Lipinski definition) is 4. The zero-order chi connectivity index (χ0) is 7.68. The van der Waals surface area contributed by atoms with E-state index < -0.39 is 0 Å². The first-order valence-electron chi connectivity index (χ1n) is 3.78. The molecule has 0 bridgehead atoms. The minimum Gasteiger partial charge on any atom is -0.423 e. The molecule has 0 spiro atoms. The van der Waals surface area contributed by atoms with Crippen LogP contribution in [0.5, 0.6) is 0 Å². The van der Waals surface area contributed by atoms with Gasteiger partial charge in [0.1, 0.15) is 6.10 Å². The Bertz CT molecular complexity index is 240. The summed E-state index contributed by atoms with van der Waals surface area (Å²) in [6, 6.07) is 0. The van der Waals surface area contributed by atoms with Crippen molar-refractivity contribution in [2.45, 2.75) is 25.9 Å². The van der Waals surface area contributed by atoms with E-state index >= 15 is 0 Å². The van der Waals surface area contributed by atoms with Gasteiger partial charge in [0.25, 0.3) is 0 Å². The molecule has 0 radical (unpaired) electrons. The van der Waals surface area contributed by atoms with Crippen molar-refractivity contribution >= 4 is 0 Å². The third-order valence-electron chi connectivity index (χ3n) is 1.75. The summed E-state index contributed by atoms with van der Waals surface area (Å²) in [6.07, 6.45) is 2.14. The highest BCUT2D eigenvalue weighted by atomic mass is 16.5. The molecule has 4 nitrogen and oxygen atoms in total. The van der Waals surface area contributed by atoms with Crippen LogP contribution in [0.15, 0.2) is 4.42 Å². The fourth-order valence-corrected chi connectivity index (χ4v) is 1.21. The molecule has 1 aromatic rings. The Morgan fingerprint density at radius 3 is 2.91 bits per heavy atom. The molecule has 0 N–H and O–H groups in total. The maximum absolute atomic E-state index is 5.36. The summed E-state index contributed by atoms with van der Waals surface area (Å²) in [6.45, 7) is 2.59. The van der Waals surface area contributed by atoms with Crippen LogP contribution in [0.1, 0.15) is 30.7 Å². The van der Waals surface area contributed by atoms with Crippen LogP contribution < -0.4 is 0 Å². The highest BCUT2D eigenvalue weighted by Crippen LogP contribution is 2.26. The van der Waals surface area contributed by atoms with Crippen molar-refractivity contribution in [1.82, 2.24) is 10.2 Å². The molecule has 1 fully saturated rings. The van der Waals surface area contributed by atoms with Crippen molar-refractivity contribution in [3.05, 3.63) is 11.8 Å². The van der Waals surface area contributed by atoms with Gasteiger partial charge in [-0.25, -0.2) is 0 Å². The molecule has 0 aliphatic carbocycles. The van der Waals surface area contributed by atoms with E-state index in [0.717, 1.165) is 19.4 Å². The predicted octanol–water partition coefficient (Wildman–Crippen LogP) is 1.23. The molecule has 1 unspecified atom stereocenters. The van der Waals surface area contributed by atoms with E-state index in [1.807, 2.05) is 0 Å². The van der Waals surface area contributed by atoms with Crippen LogP contribution in [-0.2, 0) is 4.74 Å². The van der Waals surface area contributed by atoms with E-state index in [0.29, 0.717) is 11.8 Å². The lowest BCUT2D eigenvalue weighted by Gasteiger charge is -2.00. The fraction of sp³-hybridized carbons (Fsp3) is 0.714. The highest BCUT2D eigenvalue weighted by Gasteiger charge is 2.22. The predicted molar refractivity (Wildman–Crippen MR) is 37.0 cm³/mol. The smallest absolute Gasteiger partial charge is 0.245 e. The number of aryl methyl sites for hydroxylation is 1. The SMILES string of the molecule is Cc1nnc(C2CCCO2)o1. The molecular formula is C7H10N2O2. The summed E-state index contributed by atoms with van der Waals surface area (Å²) in [7, 11) is 0. The van der Waals surface area contributed by atoms with Crippen molar-refractivity contribution in [1.29, 1.82) is 0 Å². The molecule has 0 saturated carbocycles. The average Bonchev–Trinajstić information content (AvgIpc) is 2.55. The molecule has 2 heterocycles. The minimum atomic E-state index is 0.0520. The van der Waals surface area contributed by atoms with Gasteiger partial charge in [-0.3, -0.25) is 0 Å². The molecule has 0 aromatic carbocycles. The molecule has 1 saturated heterocycles. The van der Waals surface area contributed by atoms with Crippen LogP contribution in [0.2, 0.25) is 0 Å². The second-order valence-corrected chi connectivity index (χ2v) is 2.66. The van der Waals surface area contributed by atoms with Crippen LogP contribution in [0.25, 0.3) is 0 Å². The second kappa shape index (κ2) is 2.62. The standard InChI is InChI=1S/C7H10N2O2/c1-5-8-9-7(11-5)6-3-2-4-10-6/h6H,2-4H2,1H3. The summed E-state index contributed by atoms with van der Waals surface area (Å²) >= 11 is 0. The largest absolute Gasteiger partial charge is 0.423 e. The number of ether oxygens (including phenoxy) is 1. The summed E-state index contributed by atoms with van der Waals surface area (Å²) in [5, 5.41) is 7.62. The van der Waals surface area contributed by atoms with Gasteiger partial charge in [-0.1, -0.05) is 0 Å². The van der Waals surface area contributed by atoms with E-state index in [2.05, 4.69) is 10.2 Å². The Labute approximate surface area is 64.6 Å². The summed E-state index contributed by atoms with van der Waals surface area (Å²) in [5.41, 5.74) is 0. The fourth-order valence-electron chi connectivity index (χ4n) is 1.21. The van der Waals surface area contributed by atoms with Gasteiger partial charge in [-0.05, 0) is 12.8 Å². The summed E-state index contributed by atoms with van der Waals surface area (Å²) in [4.78, 5) is 0. The molecule has 1 aliphatic rings. The van der Waals surface area contributed by atoms with Gasteiger partial charge >= 0.3 is 0 Å². The van der Waals surface area contributed by atoms with Crippen LogP contribution in [0.4, 0.5) is 0 Å². The van der Waals surface area contributed by atoms with Crippen LogP contribution >= 0.6 is 0 Å². The zero-order valence-electron chi connectivity index (χ0n) is 6.41. The van der Waals surface area contributed by atoms with Gasteiger partial charge < -0.3 is 9.15 Å². The van der Waals surface area contributed by atoms with Crippen LogP contribution in [0.3, 0.4) is 0 Å². The van der Waals surface area contributed by atoms with Crippen LogP contribution in [-0.4, -0.2) is 16.8 Å². The quantitative estimate of drug-likeness (QED) is 0.610. The van der Waals surface area contributed by atoms with Crippen LogP contribution in [0, 0.1) is 6.92 Å². The van der Waals surface area contributed by atoms with E-state index in [1.165, 1.54) is 0 Å². The zero-order valence-corrected chi connectivity index (χ0v) is 6.41. The molecule has 11 heavy (non-hydrogen) atoms. The van der Waals surface area contributed by atoms with Gasteiger partial charge in [-0.15, -0.1) is 10.2 Å². The van der Waals surface area contributed by atoms with E-state index in [4.69, 9.17) is 9.15 Å². The Kier molecular flexibility index (Phi) is 1.62. The third-order valence-corrected chi connectivity index (χ3v) is 1.75.